The molecule has 1 aromatic rings. The van der Waals surface area contributed by atoms with Gasteiger partial charge in [-0.1, -0.05) is 6.42 Å². The molecular weight excluding hydrogens is 295 g/mol. The molecule has 98 valence electrons. The number of piperidine rings is 1. The second-order valence-electron chi connectivity index (χ2n) is 5.23. The van der Waals surface area contributed by atoms with E-state index in [1.807, 2.05) is 0 Å². The molecule has 0 radical (unpaired) electrons. The van der Waals surface area contributed by atoms with Gasteiger partial charge in [-0.05, 0) is 53.5 Å². The standard InChI is InChI=1S/C14H18BrFN2/c15-13-5-4-11(16)9-14(13)18-8-7-17-6-2-1-3-12(17)10-18/h4-5,9,12H,1-3,6-8,10H2. The summed E-state index contributed by atoms with van der Waals surface area (Å²) < 4.78 is 14.4. The van der Waals surface area contributed by atoms with E-state index >= 15 is 0 Å². The Morgan fingerprint density at radius 1 is 1.17 bits per heavy atom. The second kappa shape index (κ2) is 5.17. The van der Waals surface area contributed by atoms with Gasteiger partial charge in [0.1, 0.15) is 5.82 Å². The normalized spacial score (nSPS) is 25.0. The summed E-state index contributed by atoms with van der Waals surface area (Å²) >= 11 is 3.53. The van der Waals surface area contributed by atoms with Gasteiger partial charge in [-0.3, -0.25) is 4.90 Å². The lowest BCUT2D eigenvalue weighted by atomic mass is 9.99. The average Bonchev–Trinajstić information content (AvgIpc) is 2.41. The molecule has 2 heterocycles. The predicted molar refractivity (Wildman–Crippen MR) is 75.5 cm³/mol. The van der Waals surface area contributed by atoms with Crippen LogP contribution in [-0.2, 0) is 0 Å². The van der Waals surface area contributed by atoms with Crippen LogP contribution in [0.3, 0.4) is 0 Å². The number of hydrogen-bond donors (Lipinski definition) is 0. The molecule has 0 aromatic heterocycles. The third kappa shape index (κ3) is 2.41. The van der Waals surface area contributed by atoms with Gasteiger partial charge in [0, 0.05) is 30.1 Å². The van der Waals surface area contributed by atoms with E-state index in [0.29, 0.717) is 6.04 Å². The second-order valence-corrected chi connectivity index (χ2v) is 6.08. The summed E-state index contributed by atoms with van der Waals surface area (Å²) in [6.07, 6.45) is 3.95. The largest absolute Gasteiger partial charge is 0.368 e. The fourth-order valence-electron chi connectivity index (χ4n) is 3.10. The monoisotopic (exact) mass is 312 g/mol. The first-order valence-electron chi connectivity index (χ1n) is 6.68. The van der Waals surface area contributed by atoms with Gasteiger partial charge in [0.25, 0.3) is 0 Å². The maximum Gasteiger partial charge on any atom is 0.125 e. The summed E-state index contributed by atoms with van der Waals surface area (Å²) in [5.41, 5.74) is 1.00. The average molecular weight is 313 g/mol. The Morgan fingerprint density at radius 3 is 2.94 bits per heavy atom. The Hall–Kier alpha value is -0.610. The van der Waals surface area contributed by atoms with E-state index in [-0.39, 0.29) is 5.82 Å². The summed E-state index contributed by atoms with van der Waals surface area (Å²) in [7, 11) is 0. The highest BCUT2D eigenvalue weighted by atomic mass is 79.9. The number of rotatable bonds is 1. The van der Waals surface area contributed by atoms with Crippen LogP contribution in [0.2, 0.25) is 0 Å². The third-order valence-electron chi connectivity index (χ3n) is 4.09. The predicted octanol–water partition coefficient (Wildman–Crippen LogP) is 3.26. The van der Waals surface area contributed by atoms with E-state index < -0.39 is 0 Å². The van der Waals surface area contributed by atoms with Crippen LogP contribution in [-0.4, -0.2) is 37.1 Å². The van der Waals surface area contributed by atoms with Crippen molar-refractivity contribution in [2.45, 2.75) is 25.3 Å². The molecule has 2 fully saturated rings. The lowest BCUT2D eigenvalue weighted by Gasteiger charge is -2.45. The lowest BCUT2D eigenvalue weighted by Crippen LogP contribution is -2.55. The Kier molecular flexibility index (Phi) is 3.57. The molecule has 1 atom stereocenters. The van der Waals surface area contributed by atoms with Crippen molar-refractivity contribution < 1.29 is 4.39 Å². The molecule has 2 saturated heterocycles. The summed E-state index contributed by atoms with van der Waals surface area (Å²) in [4.78, 5) is 4.91. The molecule has 0 saturated carbocycles. The maximum atomic E-state index is 13.4. The fourth-order valence-corrected chi connectivity index (χ4v) is 3.60. The van der Waals surface area contributed by atoms with Crippen LogP contribution in [0.1, 0.15) is 19.3 Å². The van der Waals surface area contributed by atoms with Gasteiger partial charge in [-0.2, -0.15) is 0 Å². The van der Waals surface area contributed by atoms with Gasteiger partial charge in [-0.25, -0.2) is 4.39 Å². The van der Waals surface area contributed by atoms with Crippen molar-refractivity contribution in [1.82, 2.24) is 4.90 Å². The van der Waals surface area contributed by atoms with Gasteiger partial charge < -0.3 is 4.90 Å². The minimum absolute atomic E-state index is 0.153. The molecule has 1 unspecified atom stereocenters. The minimum atomic E-state index is -0.153. The smallest absolute Gasteiger partial charge is 0.125 e. The molecule has 0 aliphatic carbocycles. The van der Waals surface area contributed by atoms with Crippen molar-refractivity contribution >= 4 is 21.6 Å². The summed E-state index contributed by atoms with van der Waals surface area (Å²) in [5, 5.41) is 0. The molecule has 1 aromatic carbocycles. The minimum Gasteiger partial charge on any atom is -0.368 e. The van der Waals surface area contributed by atoms with E-state index in [0.717, 1.165) is 29.8 Å². The zero-order chi connectivity index (χ0) is 12.5. The number of fused-ring (bicyclic) bond motifs is 1. The fraction of sp³-hybridized carbons (Fsp3) is 0.571. The molecule has 2 nitrogen and oxygen atoms in total. The molecule has 18 heavy (non-hydrogen) atoms. The molecule has 2 aliphatic rings. The van der Waals surface area contributed by atoms with E-state index in [1.54, 1.807) is 12.1 Å². The number of nitrogens with zero attached hydrogens (tertiary/aromatic N) is 2. The summed E-state index contributed by atoms with van der Waals surface area (Å²) in [6, 6.07) is 5.60. The molecule has 3 rings (SSSR count). The van der Waals surface area contributed by atoms with Crippen molar-refractivity contribution in [3.05, 3.63) is 28.5 Å². The van der Waals surface area contributed by atoms with Crippen molar-refractivity contribution in [3.63, 3.8) is 0 Å². The molecule has 0 N–H and O–H groups in total. The molecule has 4 heteroatoms. The topological polar surface area (TPSA) is 6.48 Å². The molecule has 0 spiro atoms. The van der Waals surface area contributed by atoms with Gasteiger partial charge in [0.05, 0.1) is 5.69 Å². The number of anilines is 1. The van der Waals surface area contributed by atoms with Crippen LogP contribution >= 0.6 is 15.9 Å². The van der Waals surface area contributed by atoms with Crippen molar-refractivity contribution in [3.8, 4) is 0 Å². The van der Waals surface area contributed by atoms with Crippen LogP contribution in [0.25, 0.3) is 0 Å². The highest BCUT2D eigenvalue weighted by Gasteiger charge is 2.29. The van der Waals surface area contributed by atoms with E-state index in [2.05, 4.69) is 25.7 Å². The molecule has 2 aliphatic heterocycles. The van der Waals surface area contributed by atoms with Gasteiger partial charge in [0.15, 0.2) is 0 Å². The van der Waals surface area contributed by atoms with Crippen LogP contribution in [0, 0.1) is 5.82 Å². The van der Waals surface area contributed by atoms with Crippen molar-refractivity contribution in [2.75, 3.05) is 31.1 Å². The van der Waals surface area contributed by atoms with E-state index in [1.165, 1.54) is 31.9 Å². The highest BCUT2D eigenvalue weighted by Crippen LogP contribution is 2.30. The zero-order valence-electron chi connectivity index (χ0n) is 10.4. The Balaban J connectivity index is 1.79. The first-order chi connectivity index (χ1) is 8.74. The Labute approximate surface area is 116 Å². The summed E-state index contributed by atoms with van der Waals surface area (Å²) in [6.45, 7) is 4.37. The van der Waals surface area contributed by atoms with Crippen LogP contribution < -0.4 is 4.90 Å². The number of halogens is 2. The SMILES string of the molecule is Fc1ccc(Br)c(N2CCN3CCCCC3C2)c1. The quantitative estimate of drug-likeness (QED) is 0.785. The number of hydrogen-bond acceptors (Lipinski definition) is 2. The molecule has 0 bridgehead atoms. The Bertz CT molecular complexity index is 438. The molecular formula is C14H18BrFN2. The molecule has 0 amide bonds. The van der Waals surface area contributed by atoms with Crippen LogP contribution in [0.15, 0.2) is 22.7 Å². The Morgan fingerprint density at radius 2 is 2.06 bits per heavy atom. The van der Waals surface area contributed by atoms with Crippen LogP contribution in [0.5, 0.6) is 0 Å². The first kappa shape index (κ1) is 12.4. The first-order valence-corrected chi connectivity index (χ1v) is 7.47. The van der Waals surface area contributed by atoms with Gasteiger partial charge in [-0.15, -0.1) is 0 Å². The van der Waals surface area contributed by atoms with Gasteiger partial charge in [0.2, 0.25) is 0 Å². The van der Waals surface area contributed by atoms with Gasteiger partial charge >= 0.3 is 0 Å². The highest BCUT2D eigenvalue weighted by molar-refractivity contribution is 9.10. The van der Waals surface area contributed by atoms with Crippen molar-refractivity contribution in [2.24, 2.45) is 0 Å². The van der Waals surface area contributed by atoms with Crippen LogP contribution in [0.4, 0.5) is 10.1 Å². The van der Waals surface area contributed by atoms with Crippen molar-refractivity contribution in [1.29, 1.82) is 0 Å². The zero-order valence-corrected chi connectivity index (χ0v) is 12.0. The number of piperazine rings is 1. The number of benzene rings is 1. The lowest BCUT2D eigenvalue weighted by molar-refractivity contribution is 0.133. The van der Waals surface area contributed by atoms with E-state index in [9.17, 15) is 4.39 Å². The maximum absolute atomic E-state index is 13.4. The summed E-state index contributed by atoms with van der Waals surface area (Å²) in [5.74, 6) is -0.153. The van der Waals surface area contributed by atoms with E-state index in [4.69, 9.17) is 0 Å². The third-order valence-corrected chi connectivity index (χ3v) is 4.76.